The van der Waals surface area contributed by atoms with Gasteiger partial charge < -0.3 is 15.8 Å². The molecule has 200 valence electrons. The van der Waals surface area contributed by atoms with E-state index in [9.17, 15) is 13.2 Å². The molecule has 5 aromatic rings. The van der Waals surface area contributed by atoms with Gasteiger partial charge in [-0.25, -0.2) is 27.2 Å². The van der Waals surface area contributed by atoms with Crippen molar-refractivity contribution in [3.05, 3.63) is 70.6 Å². The lowest BCUT2D eigenvalue weighted by molar-refractivity contribution is -0.0694. The van der Waals surface area contributed by atoms with Crippen molar-refractivity contribution in [2.45, 2.75) is 17.4 Å². The fourth-order valence-corrected chi connectivity index (χ4v) is 7.44. The van der Waals surface area contributed by atoms with Crippen molar-refractivity contribution in [3.63, 3.8) is 0 Å². The number of halogens is 1. The summed E-state index contributed by atoms with van der Waals surface area (Å²) in [6.07, 6.45) is 6.38. The largest absolute Gasteiger partial charge is 0.376 e. The number of benzene rings is 1. The molecular weight excluding hydrogens is 562 g/mol. The number of hydrogen-bond acceptors (Lipinski definition) is 8. The van der Waals surface area contributed by atoms with Crippen LogP contribution in [-0.2, 0) is 27.3 Å². The number of pyridine rings is 1. The zero-order valence-corrected chi connectivity index (χ0v) is 23.1. The van der Waals surface area contributed by atoms with E-state index in [1.807, 2.05) is 6.92 Å². The minimum atomic E-state index is -4.07. The molecule has 0 radical (unpaired) electrons. The number of fused-ring (bicyclic) bond motifs is 1. The van der Waals surface area contributed by atoms with Crippen LogP contribution in [0.5, 0.6) is 0 Å². The third kappa shape index (κ3) is 4.18. The molecular formula is C25H22ClN7O4S2. The number of aryl methyl sites for hydroxylation is 2. The number of urea groups is 1. The predicted octanol–water partition coefficient (Wildman–Crippen LogP) is 3.65. The summed E-state index contributed by atoms with van der Waals surface area (Å²) in [7, 11) is -2.31. The third-order valence-electron chi connectivity index (χ3n) is 6.55. The molecule has 0 spiro atoms. The van der Waals surface area contributed by atoms with E-state index in [4.69, 9.17) is 22.1 Å². The Kier molecular flexibility index (Phi) is 5.99. The second kappa shape index (κ2) is 9.16. The van der Waals surface area contributed by atoms with Crippen LogP contribution < -0.4 is 11.1 Å². The number of rotatable bonds is 6. The lowest BCUT2D eigenvalue weighted by Gasteiger charge is -2.40. The summed E-state index contributed by atoms with van der Waals surface area (Å²) in [5.74, 6) is 0. The predicted molar refractivity (Wildman–Crippen MR) is 147 cm³/mol. The molecule has 1 saturated heterocycles. The van der Waals surface area contributed by atoms with Crippen molar-refractivity contribution in [3.8, 4) is 21.8 Å². The molecule has 0 unspecified atom stereocenters. The number of carbonyl (C=O) groups excluding carboxylic acids is 1. The number of amides is 2. The molecule has 1 fully saturated rings. The van der Waals surface area contributed by atoms with Crippen LogP contribution in [0.2, 0.25) is 5.02 Å². The molecule has 6 rings (SSSR count). The molecule has 2 amide bonds. The van der Waals surface area contributed by atoms with Gasteiger partial charge in [-0.1, -0.05) is 29.3 Å². The standard InChI is InChI=1S/C25H22ClN7O4S2/c1-14-3-5-16(6-4-14)39(35,36)33-19(15-8-30-32(2)11-15)7-17-21(18(26)9-28-22(17)33)23-29-10-20(38-23)25(12-37-13-25)31-24(27)34/h3-11H,12-13H2,1-2H3,(H3,27,31,34). The van der Waals surface area contributed by atoms with Gasteiger partial charge in [0.25, 0.3) is 10.0 Å². The van der Waals surface area contributed by atoms with Gasteiger partial charge in [0.15, 0.2) is 5.65 Å². The first kappa shape index (κ1) is 25.5. The fraction of sp³-hybridized carbons (Fsp3) is 0.200. The molecule has 11 nitrogen and oxygen atoms in total. The molecule has 5 heterocycles. The molecule has 0 saturated carbocycles. The molecule has 1 aromatic carbocycles. The van der Waals surface area contributed by atoms with Crippen molar-refractivity contribution in [2.75, 3.05) is 13.2 Å². The zero-order valence-electron chi connectivity index (χ0n) is 20.8. The van der Waals surface area contributed by atoms with Gasteiger partial charge >= 0.3 is 6.03 Å². The molecule has 1 aliphatic rings. The summed E-state index contributed by atoms with van der Waals surface area (Å²) in [6, 6.07) is 7.69. The van der Waals surface area contributed by atoms with Crippen molar-refractivity contribution in [2.24, 2.45) is 12.8 Å². The van der Waals surface area contributed by atoms with Crippen LogP contribution in [0.25, 0.3) is 32.9 Å². The van der Waals surface area contributed by atoms with Crippen LogP contribution in [0, 0.1) is 6.92 Å². The second-order valence-electron chi connectivity index (χ2n) is 9.33. The number of hydrogen-bond donors (Lipinski definition) is 2. The Morgan fingerprint density at radius 1 is 1.18 bits per heavy atom. The van der Waals surface area contributed by atoms with Gasteiger partial charge in [-0.05, 0) is 25.1 Å². The molecule has 3 N–H and O–H groups in total. The summed E-state index contributed by atoms with van der Waals surface area (Å²) >= 11 is 7.98. The Bertz CT molecular complexity index is 1850. The van der Waals surface area contributed by atoms with Crippen LogP contribution in [0.1, 0.15) is 10.4 Å². The number of aromatic nitrogens is 5. The smallest absolute Gasteiger partial charge is 0.313 e. The van der Waals surface area contributed by atoms with Gasteiger partial charge in [0.05, 0.1) is 39.9 Å². The van der Waals surface area contributed by atoms with Gasteiger partial charge in [0, 0.05) is 42.2 Å². The second-order valence-corrected chi connectivity index (χ2v) is 12.6. The maximum Gasteiger partial charge on any atom is 0.313 e. The average molecular weight is 584 g/mol. The Morgan fingerprint density at radius 3 is 2.54 bits per heavy atom. The van der Waals surface area contributed by atoms with Gasteiger partial charge in [-0.15, -0.1) is 11.3 Å². The van der Waals surface area contributed by atoms with E-state index in [1.54, 1.807) is 60.7 Å². The third-order valence-corrected chi connectivity index (χ3v) is 9.78. The topological polar surface area (TPSA) is 147 Å². The SMILES string of the molecule is Cc1ccc(S(=O)(=O)n2c(-c3cnn(C)c3)cc3c(-c4ncc(C5(NC(N)=O)COC5)s4)c(Cl)cnc32)cc1. The van der Waals surface area contributed by atoms with Crippen LogP contribution in [0.3, 0.4) is 0 Å². The number of nitrogens with zero attached hydrogens (tertiary/aromatic N) is 5. The molecule has 4 aromatic heterocycles. The van der Waals surface area contributed by atoms with Crippen molar-refractivity contribution in [1.82, 2.24) is 29.0 Å². The first-order valence-corrected chi connectivity index (χ1v) is 14.4. The van der Waals surface area contributed by atoms with E-state index in [0.717, 1.165) is 10.4 Å². The highest BCUT2D eigenvalue weighted by molar-refractivity contribution is 7.90. The molecule has 39 heavy (non-hydrogen) atoms. The molecule has 0 aliphatic carbocycles. The van der Waals surface area contributed by atoms with E-state index in [0.29, 0.717) is 32.2 Å². The number of nitrogens with one attached hydrogen (secondary N) is 1. The minimum Gasteiger partial charge on any atom is -0.376 e. The zero-order chi connectivity index (χ0) is 27.5. The number of carbonyl (C=O) groups is 1. The summed E-state index contributed by atoms with van der Waals surface area (Å²) in [4.78, 5) is 21.5. The summed E-state index contributed by atoms with van der Waals surface area (Å²) in [5.41, 5.74) is 7.25. The van der Waals surface area contributed by atoms with E-state index >= 15 is 0 Å². The van der Waals surface area contributed by atoms with E-state index < -0.39 is 21.6 Å². The number of ether oxygens (including phenoxy) is 1. The van der Waals surface area contributed by atoms with E-state index in [2.05, 4.69) is 20.4 Å². The summed E-state index contributed by atoms with van der Waals surface area (Å²) in [5, 5.41) is 8.31. The quantitative estimate of drug-likeness (QED) is 0.310. The van der Waals surface area contributed by atoms with E-state index in [1.165, 1.54) is 21.5 Å². The monoisotopic (exact) mass is 583 g/mol. The Balaban J connectivity index is 1.58. The van der Waals surface area contributed by atoms with Gasteiger partial charge in [0.1, 0.15) is 10.5 Å². The highest BCUT2D eigenvalue weighted by Crippen LogP contribution is 2.43. The van der Waals surface area contributed by atoms with Gasteiger partial charge in [0.2, 0.25) is 0 Å². The van der Waals surface area contributed by atoms with Gasteiger partial charge in [-0.2, -0.15) is 5.10 Å². The summed E-state index contributed by atoms with van der Waals surface area (Å²) in [6.45, 7) is 2.40. The highest BCUT2D eigenvalue weighted by atomic mass is 35.5. The molecule has 14 heteroatoms. The van der Waals surface area contributed by atoms with Crippen LogP contribution in [-0.4, -0.2) is 51.4 Å². The first-order chi connectivity index (χ1) is 18.6. The minimum absolute atomic E-state index is 0.120. The van der Waals surface area contributed by atoms with Crippen LogP contribution in [0.15, 0.2) is 60.0 Å². The number of primary amides is 1. The maximum atomic E-state index is 14.0. The number of thiazole rings is 1. The maximum absolute atomic E-state index is 14.0. The average Bonchev–Trinajstić information content (AvgIpc) is 3.60. The van der Waals surface area contributed by atoms with Crippen LogP contribution in [0.4, 0.5) is 4.79 Å². The first-order valence-electron chi connectivity index (χ1n) is 11.7. The normalized spacial score (nSPS) is 14.8. The van der Waals surface area contributed by atoms with Crippen molar-refractivity contribution in [1.29, 1.82) is 0 Å². The fourth-order valence-electron chi connectivity index (χ4n) is 4.56. The van der Waals surface area contributed by atoms with Crippen molar-refractivity contribution < 1.29 is 17.9 Å². The molecule has 0 atom stereocenters. The van der Waals surface area contributed by atoms with Crippen molar-refractivity contribution >= 4 is 50.0 Å². The Hall–Kier alpha value is -3.78. The Labute approximate surface area is 232 Å². The molecule has 1 aliphatic heterocycles. The lowest BCUT2D eigenvalue weighted by Crippen LogP contribution is -2.60. The summed E-state index contributed by atoms with van der Waals surface area (Å²) < 4.78 is 36.2. The lowest BCUT2D eigenvalue weighted by atomic mass is 9.96. The Morgan fingerprint density at radius 2 is 1.92 bits per heavy atom. The van der Waals surface area contributed by atoms with E-state index in [-0.39, 0.29) is 23.8 Å². The highest BCUT2D eigenvalue weighted by Gasteiger charge is 2.43. The molecule has 0 bridgehead atoms. The number of nitrogens with two attached hydrogens (primary N) is 1. The van der Waals surface area contributed by atoms with Crippen LogP contribution >= 0.6 is 22.9 Å². The van der Waals surface area contributed by atoms with Gasteiger partial charge in [-0.3, -0.25) is 4.68 Å².